The zero-order chi connectivity index (χ0) is 20.8. The van der Waals surface area contributed by atoms with E-state index in [0.29, 0.717) is 29.0 Å². The van der Waals surface area contributed by atoms with Crippen molar-refractivity contribution >= 4 is 29.3 Å². The number of carbonyl (C=O) groups is 2. The van der Waals surface area contributed by atoms with Gasteiger partial charge in [0.1, 0.15) is 5.75 Å². The minimum absolute atomic E-state index is 0.108. The molecule has 3 aromatic rings. The Kier molecular flexibility index (Phi) is 6.50. The highest BCUT2D eigenvalue weighted by Gasteiger charge is 2.18. The van der Waals surface area contributed by atoms with Crippen molar-refractivity contribution in [2.75, 3.05) is 18.2 Å². The first-order valence-electron chi connectivity index (χ1n) is 8.93. The molecule has 8 nitrogen and oxygen atoms in total. The molecular weight excluding hydrogens is 390 g/mol. The lowest BCUT2D eigenvalue weighted by Gasteiger charge is -2.11. The van der Waals surface area contributed by atoms with Crippen molar-refractivity contribution in [3.05, 3.63) is 54.1 Å². The summed E-state index contributed by atoms with van der Waals surface area (Å²) in [6.45, 7) is 2.62. The van der Waals surface area contributed by atoms with Crippen LogP contribution in [0.5, 0.6) is 5.75 Å². The van der Waals surface area contributed by atoms with E-state index in [2.05, 4.69) is 15.5 Å². The monoisotopic (exact) mass is 411 g/mol. The summed E-state index contributed by atoms with van der Waals surface area (Å²) < 4.78 is 7.34. The van der Waals surface area contributed by atoms with Gasteiger partial charge in [-0.05, 0) is 31.2 Å². The van der Waals surface area contributed by atoms with Gasteiger partial charge in [0.25, 0.3) is 5.91 Å². The Hall–Kier alpha value is -3.33. The molecule has 0 saturated carbocycles. The van der Waals surface area contributed by atoms with Gasteiger partial charge in [-0.3, -0.25) is 9.59 Å². The summed E-state index contributed by atoms with van der Waals surface area (Å²) in [4.78, 5) is 23.9. The number of methoxy groups -OCH3 is 1. The van der Waals surface area contributed by atoms with Crippen LogP contribution < -0.4 is 15.8 Å². The number of rotatable bonds is 8. The number of nitrogens with one attached hydrogen (secondary N) is 1. The molecule has 0 aliphatic rings. The number of anilines is 1. The number of nitrogens with two attached hydrogens (primary N) is 1. The number of hydrogen-bond acceptors (Lipinski definition) is 6. The Morgan fingerprint density at radius 2 is 1.86 bits per heavy atom. The summed E-state index contributed by atoms with van der Waals surface area (Å²) in [5.41, 5.74) is 6.83. The maximum atomic E-state index is 12.4. The number of benzene rings is 2. The van der Waals surface area contributed by atoms with Crippen LogP contribution in [0.4, 0.5) is 5.69 Å². The van der Waals surface area contributed by atoms with Crippen molar-refractivity contribution < 1.29 is 14.3 Å². The smallest absolute Gasteiger partial charge is 0.250 e. The number of ether oxygens (including phenoxy) is 1. The van der Waals surface area contributed by atoms with Crippen molar-refractivity contribution in [3.63, 3.8) is 0 Å². The van der Waals surface area contributed by atoms with Crippen LogP contribution in [0.15, 0.2) is 53.7 Å². The zero-order valence-corrected chi connectivity index (χ0v) is 16.9. The van der Waals surface area contributed by atoms with E-state index in [4.69, 9.17) is 10.5 Å². The lowest BCUT2D eigenvalue weighted by Crippen LogP contribution is -2.19. The lowest BCUT2D eigenvalue weighted by molar-refractivity contribution is -0.113. The van der Waals surface area contributed by atoms with Crippen molar-refractivity contribution in [2.24, 2.45) is 5.73 Å². The van der Waals surface area contributed by atoms with Crippen LogP contribution in [0, 0.1) is 0 Å². The molecule has 1 heterocycles. The molecule has 0 atom stereocenters. The molecule has 0 aliphatic heterocycles. The highest BCUT2D eigenvalue weighted by atomic mass is 32.2. The predicted octanol–water partition coefficient (Wildman–Crippen LogP) is 2.80. The normalized spacial score (nSPS) is 10.6. The van der Waals surface area contributed by atoms with Gasteiger partial charge < -0.3 is 20.4 Å². The van der Waals surface area contributed by atoms with E-state index < -0.39 is 5.91 Å². The van der Waals surface area contributed by atoms with Crippen molar-refractivity contribution in [3.8, 4) is 17.1 Å². The van der Waals surface area contributed by atoms with Gasteiger partial charge in [-0.15, -0.1) is 10.2 Å². The Labute approximate surface area is 172 Å². The molecule has 2 aromatic carbocycles. The van der Waals surface area contributed by atoms with Crippen LogP contribution in [0.2, 0.25) is 0 Å². The van der Waals surface area contributed by atoms with E-state index in [1.54, 1.807) is 31.4 Å². The fourth-order valence-electron chi connectivity index (χ4n) is 2.83. The van der Waals surface area contributed by atoms with Crippen LogP contribution in [-0.2, 0) is 11.3 Å². The quantitative estimate of drug-likeness (QED) is 0.551. The summed E-state index contributed by atoms with van der Waals surface area (Å²) in [5, 5.41) is 11.8. The van der Waals surface area contributed by atoms with Gasteiger partial charge in [-0.25, -0.2) is 0 Å². The van der Waals surface area contributed by atoms with Gasteiger partial charge in [0.05, 0.1) is 29.7 Å². The number of nitrogens with zero attached hydrogens (tertiary/aromatic N) is 3. The molecule has 3 rings (SSSR count). The van der Waals surface area contributed by atoms with E-state index in [1.807, 2.05) is 35.8 Å². The zero-order valence-electron chi connectivity index (χ0n) is 16.1. The number of amides is 2. The van der Waals surface area contributed by atoms with Gasteiger partial charge in [-0.2, -0.15) is 0 Å². The van der Waals surface area contributed by atoms with E-state index >= 15 is 0 Å². The summed E-state index contributed by atoms with van der Waals surface area (Å²) in [7, 11) is 1.61. The van der Waals surface area contributed by atoms with Gasteiger partial charge in [0, 0.05) is 6.54 Å². The summed E-state index contributed by atoms with van der Waals surface area (Å²) in [6.07, 6.45) is 0. The Morgan fingerprint density at radius 1 is 1.14 bits per heavy atom. The molecule has 0 fully saturated rings. The van der Waals surface area contributed by atoms with Gasteiger partial charge in [0.15, 0.2) is 11.0 Å². The van der Waals surface area contributed by atoms with Gasteiger partial charge >= 0.3 is 0 Å². The van der Waals surface area contributed by atoms with E-state index in [0.717, 1.165) is 5.56 Å². The van der Waals surface area contributed by atoms with Crippen molar-refractivity contribution in [1.82, 2.24) is 14.8 Å². The Balaban J connectivity index is 1.74. The number of primary amides is 1. The molecule has 150 valence electrons. The van der Waals surface area contributed by atoms with E-state index in [9.17, 15) is 9.59 Å². The lowest BCUT2D eigenvalue weighted by atomic mass is 10.1. The molecule has 2 amide bonds. The molecule has 0 unspecified atom stereocenters. The van der Waals surface area contributed by atoms with Gasteiger partial charge in [0.2, 0.25) is 5.91 Å². The fourth-order valence-corrected chi connectivity index (χ4v) is 3.63. The largest absolute Gasteiger partial charge is 0.496 e. The van der Waals surface area contributed by atoms with Crippen LogP contribution in [0.25, 0.3) is 11.4 Å². The van der Waals surface area contributed by atoms with Crippen LogP contribution >= 0.6 is 11.8 Å². The predicted molar refractivity (Wildman–Crippen MR) is 112 cm³/mol. The number of aromatic nitrogens is 3. The highest BCUT2D eigenvalue weighted by Crippen LogP contribution is 2.30. The fraction of sp³-hybridized carbons (Fsp3) is 0.200. The second kappa shape index (κ2) is 9.24. The second-order valence-corrected chi connectivity index (χ2v) is 6.94. The molecule has 3 N–H and O–H groups in total. The maximum Gasteiger partial charge on any atom is 0.250 e. The first kappa shape index (κ1) is 20.4. The summed E-state index contributed by atoms with van der Waals surface area (Å²) in [5.74, 6) is 0.616. The molecule has 1 aromatic heterocycles. The molecule has 0 saturated heterocycles. The standard InChI is InChI=1S/C20H21N5O3S/c1-3-25-19(14-9-5-7-11-16(14)28-2)23-24-20(25)29-12-17(26)22-15-10-6-4-8-13(15)18(21)27/h4-11H,3,12H2,1-2H3,(H2,21,27)(H,22,26). The topological polar surface area (TPSA) is 112 Å². The molecule has 0 radical (unpaired) electrons. The Morgan fingerprint density at radius 3 is 2.59 bits per heavy atom. The first-order valence-corrected chi connectivity index (χ1v) is 9.91. The molecule has 0 bridgehead atoms. The number of hydrogen-bond donors (Lipinski definition) is 2. The third kappa shape index (κ3) is 4.57. The molecule has 0 spiro atoms. The van der Waals surface area contributed by atoms with Gasteiger partial charge in [-0.1, -0.05) is 36.0 Å². The summed E-state index contributed by atoms with van der Waals surface area (Å²) in [6, 6.07) is 14.2. The van der Waals surface area contributed by atoms with E-state index in [-0.39, 0.29) is 17.2 Å². The third-order valence-corrected chi connectivity index (χ3v) is 5.15. The molecule has 9 heteroatoms. The number of thioether (sulfide) groups is 1. The first-order chi connectivity index (χ1) is 14.0. The molecular formula is C20H21N5O3S. The van der Waals surface area contributed by atoms with Crippen LogP contribution in [0.3, 0.4) is 0 Å². The van der Waals surface area contributed by atoms with E-state index in [1.165, 1.54) is 11.8 Å². The SMILES string of the molecule is CCn1c(SCC(=O)Nc2ccccc2C(N)=O)nnc1-c1ccccc1OC. The molecule has 29 heavy (non-hydrogen) atoms. The third-order valence-electron chi connectivity index (χ3n) is 4.18. The van der Waals surface area contributed by atoms with Crippen LogP contribution in [0.1, 0.15) is 17.3 Å². The average molecular weight is 411 g/mol. The van der Waals surface area contributed by atoms with Crippen molar-refractivity contribution in [2.45, 2.75) is 18.6 Å². The maximum absolute atomic E-state index is 12.4. The minimum atomic E-state index is -0.597. The van der Waals surface area contributed by atoms with Crippen molar-refractivity contribution in [1.29, 1.82) is 0 Å². The van der Waals surface area contributed by atoms with Crippen LogP contribution in [-0.4, -0.2) is 39.4 Å². The average Bonchev–Trinajstić information content (AvgIpc) is 3.15. The molecule has 0 aliphatic carbocycles. The summed E-state index contributed by atoms with van der Waals surface area (Å²) >= 11 is 1.26. The second-order valence-electron chi connectivity index (χ2n) is 6.00. The number of para-hydroxylation sites is 2. The highest BCUT2D eigenvalue weighted by molar-refractivity contribution is 7.99. The Bertz CT molecular complexity index is 1030. The number of carbonyl (C=O) groups excluding carboxylic acids is 2. The minimum Gasteiger partial charge on any atom is -0.496 e.